The molecule has 0 saturated carbocycles. The fourth-order valence-corrected chi connectivity index (χ4v) is 4.05. The maximum absolute atomic E-state index is 12.5. The number of likely N-dealkylation sites (N-methyl/N-ethyl adjacent to an activating group) is 1. The summed E-state index contributed by atoms with van der Waals surface area (Å²) in [5.41, 5.74) is 0. The Morgan fingerprint density at radius 3 is 2.95 bits per heavy atom. The number of aromatic nitrogens is 2. The van der Waals surface area contributed by atoms with Crippen molar-refractivity contribution in [2.45, 2.75) is 43.7 Å². The molecule has 0 aliphatic carbocycles. The third-order valence-corrected chi connectivity index (χ3v) is 5.52. The number of hydrogen-bond acceptors (Lipinski definition) is 4. The van der Waals surface area contributed by atoms with Crippen LogP contribution in [-0.4, -0.2) is 48.7 Å². The van der Waals surface area contributed by atoms with E-state index in [2.05, 4.69) is 10.4 Å². The maximum Gasteiger partial charge on any atom is 0.246 e. The first kappa shape index (κ1) is 14.5. The summed E-state index contributed by atoms with van der Waals surface area (Å²) in [4.78, 5) is 0.303. The third kappa shape index (κ3) is 3.16. The Kier molecular flexibility index (Phi) is 4.59. The first-order valence-corrected chi connectivity index (χ1v) is 8.18. The van der Waals surface area contributed by atoms with Crippen LogP contribution < -0.4 is 5.32 Å². The molecule has 1 aromatic heterocycles. The Balaban J connectivity index is 2.16. The Labute approximate surface area is 114 Å². The van der Waals surface area contributed by atoms with Crippen molar-refractivity contribution < 1.29 is 8.42 Å². The van der Waals surface area contributed by atoms with Gasteiger partial charge in [-0.05, 0) is 26.8 Å². The van der Waals surface area contributed by atoms with E-state index in [1.807, 2.05) is 14.0 Å². The fourth-order valence-electron chi connectivity index (χ4n) is 2.39. The Hall–Kier alpha value is -0.920. The number of piperidine rings is 1. The van der Waals surface area contributed by atoms with Crippen LogP contribution in [0, 0.1) is 0 Å². The van der Waals surface area contributed by atoms with Gasteiger partial charge in [-0.15, -0.1) is 0 Å². The monoisotopic (exact) mass is 286 g/mol. The molecular formula is C12H22N4O2S. The van der Waals surface area contributed by atoms with Crippen LogP contribution in [0.3, 0.4) is 0 Å². The molecule has 7 heteroatoms. The highest BCUT2D eigenvalue weighted by Gasteiger charge is 2.31. The summed E-state index contributed by atoms with van der Waals surface area (Å²) in [5.74, 6) is 0. The zero-order chi connectivity index (χ0) is 13.9. The molecule has 1 saturated heterocycles. The molecule has 1 atom stereocenters. The molecule has 1 aliphatic rings. The third-order valence-electron chi connectivity index (χ3n) is 3.55. The zero-order valence-corrected chi connectivity index (χ0v) is 12.4. The molecule has 1 N–H and O–H groups in total. The van der Waals surface area contributed by atoms with E-state index in [1.165, 1.54) is 6.20 Å². The normalized spacial score (nSPS) is 21.7. The second-order valence-electron chi connectivity index (χ2n) is 5.00. The molecule has 0 radical (unpaired) electrons. The summed E-state index contributed by atoms with van der Waals surface area (Å²) in [7, 11) is -1.53. The van der Waals surface area contributed by atoms with Crippen molar-refractivity contribution >= 4 is 10.0 Å². The summed E-state index contributed by atoms with van der Waals surface area (Å²) in [6, 6.07) is 0.0828. The minimum Gasteiger partial charge on any atom is -0.318 e. The molecule has 1 aromatic rings. The standard InChI is InChI=1S/C12H22N4O2S/c1-11-5-3-4-7-16(11)19(17,18)12-9-14-15(10-12)8-6-13-2/h9-11,13H,3-8H2,1-2H3. The summed E-state index contributed by atoms with van der Waals surface area (Å²) >= 11 is 0. The van der Waals surface area contributed by atoms with E-state index >= 15 is 0 Å². The first-order valence-electron chi connectivity index (χ1n) is 6.74. The first-order chi connectivity index (χ1) is 9.05. The smallest absolute Gasteiger partial charge is 0.246 e. The summed E-state index contributed by atoms with van der Waals surface area (Å²) in [6.45, 7) is 4.02. The van der Waals surface area contributed by atoms with Gasteiger partial charge in [-0.2, -0.15) is 9.40 Å². The average Bonchev–Trinajstić information content (AvgIpc) is 2.86. The van der Waals surface area contributed by atoms with E-state index in [9.17, 15) is 8.42 Å². The van der Waals surface area contributed by atoms with Crippen molar-refractivity contribution in [2.24, 2.45) is 0 Å². The van der Waals surface area contributed by atoms with Gasteiger partial charge in [0.2, 0.25) is 10.0 Å². The molecular weight excluding hydrogens is 264 g/mol. The van der Waals surface area contributed by atoms with Crippen LogP contribution in [-0.2, 0) is 16.6 Å². The highest BCUT2D eigenvalue weighted by atomic mass is 32.2. The lowest BCUT2D eigenvalue weighted by molar-refractivity contribution is 0.268. The molecule has 0 aromatic carbocycles. The molecule has 2 rings (SSSR count). The van der Waals surface area contributed by atoms with E-state index in [1.54, 1.807) is 15.2 Å². The topological polar surface area (TPSA) is 67.2 Å². The quantitative estimate of drug-likeness (QED) is 0.864. The van der Waals surface area contributed by atoms with Gasteiger partial charge in [0.15, 0.2) is 0 Å². The summed E-state index contributed by atoms with van der Waals surface area (Å²) < 4.78 is 28.4. The van der Waals surface area contributed by atoms with Crippen molar-refractivity contribution in [3.8, 4) is 0 Å². The molecule has 1 fully saturated rings. The highest BCUT2D eigenvalue weighted by Crippen LogP contribution is 2.24. The van der Waals surface area contributed by atoms with E-state index in [4.69, 9.17) is 0 Å². The van der Waals surface area contributed by atoms with Gasteiger partial charge in [-0.3, -0.25) is 4.68 Å². The predicted molar refractivity (Wildman–Crippen MR) is 73.4 cm³/mol. The predicted octanol–water partition coefficient (Wildman–Crippen LogP) is 0.666. The molecule has 0 spiro atoms. The molecule has 0 amide bonds. The number of nitrogens with one attached hydrogen (secondary N) is 1. The van der Waals surface area contributed by atoms with Crippen LogP contribution in [0.15, 0.2) is 17.3 Å². The minimum atomic E-state index is -3.39. The van der Waals surface area contributed by atoms with Crippen LogP contribution in [0.2, 0.25) is 0 Å². The lowest BCUT2D eigenvalue weighted by Gasteiger charge is -2.31. The minimum absolute atomic E-state index is 0.0828. The lowest BCUT2D eigenvalue weighted by atomic mass is 10.1. The zero-order valence-electron chi connectivity index (χ0n) is 11.5. The fraction of sp³-hybridized carbons (Fsp3) is 0.750. The lowest BCUT2D eigenvalue weighted by Crippen LogP contribution is -2.41. The summed E-state index contributed by atoms with van der Waals surface area (Å²) in [6.07, 6.45) is 6.06. The molecule has 2 heterocycles. The Bertz CT molecular complexity index is 512. The maximum atomic E-state index is 12.5. The van der Waals surface area contributed by atoms with Gasteiger partial charge in [0.1, 0.15) is 4.90 Å². The summed E-state index contributed by atoms with van der Waals surface area (Å²) in [5, 5.41) is 7.12. The average molecular weight is 286 g/mol. The van der Waals surface area contributed by atoms with Gasteiger partial charge >= 0.3 is 0 Å². The molecule has 19 heavy (non-hydrogen) atoms. The van der Waals surface area contributed by atoms with Gasteiger partial charge in [0.05, 0.1) is 12.7 Å². The van der Waals surface area contributed by atoms with Crippen molar-refractivity contribution in [2.75, 3.05) is 20.1 Å². The van der Waals surface area contributed by atoms with Crippen molar-refractivity contribution in [1.82, 2.24) is 19.4 Å². The SMILES string of the molecule is CNCCn1cc(S(=O)(=O)N2CCCCC2C)cn1. The van der Waals surface area contributed by atoms with Crippen LogP contribution in [0.1, 0.15) is 26.2 Å². The number of sulfonamides is 1. The van der Waals surface area contributed by atoms with E-state index in [-0.39, 0.29) is 6.04 Å². The largest absolute Gasteiger partial charge is 0.318 e. The molecule has 1 unspecified atom stereocenters. The number of rotatable bonds is 5. The number of hydrogen-bond donors (Lipinski definition) is 1. The van der Waals surface area contributed by atoms with Gasteiger partial charge in [0.25, 0.3) is 0 Å². The Morgan fingerprint density at radius 1 is 1.47 bits per heavy atom. The van der Waals surface area contributed by atoms with E-state index < -0.39 is 10.0 Å². The van der Waals surface area contributed by atoms with E-state index in [0.717, 1.165) is 25.8 Å². The second kappa shape index (κ2) is 6.02. The van der Waals surface area contributed by atoms with E-state index in [0.29, 0.717) is 18.0 Å². The van der Waals surface area contributed by atoms with Gasteiger partial charge in [-0.25, -0.2) is 8.42 Å². The molecule has 108 valence electrons. The van der Waals surface area contributed by atoms with Crippen LogP contribution >= 0.6 is 0 Å². The van der Waals surface area contributed by atoms with Gasteiger partial charge in [-0.1, -0.05) is 6.42 Å². The highest BCUT2D eigenvalue weighted by molar-refractivity contribution is 7.89. The molecule has 6 nitrogen and oxygen atoms in total. The van der Waals surface area contributed by atoms with Crippen LogP contribution in [0.25, 0.3) is 0 Å². The number of nitrogens with zero attached hydrogens (tertiary/aromatic N) is 3. The van der Waals surface area contributed by atoms with Crippen molar-refractivity contribution in [3.05, 3.63) is 12.4 Å². The van der Waals surface area contributed by atoms with Crippen LogP contribution in [0.4, 0.5) is 0 Å². The molecule has 1 aliphatic heterocycles. The molecule has 0 bridgehead atoms. The van der Waals surface area contributed by atoms with Gasteiger partial charge in [0, 0.05) is 25.3 Å². The Morgan fingerprint density at radius 2 is 2.26 bits per heavy atom. The van der Waals surface area contributed by atoms with Gasteiger partial charge < -0.3 is 5.32 Å². The van der Waals surface area contributed by atoms with Crippen molar-refractivity contribution in [1.29, 1.82) is 0 Å². The second-order valence-corrected chi connectivity index (χ2v) is 6.89. The van der Waals surface area contributed by atoms with Crippen LogP contribution in [0.5, 0.6) is 0 Å². The van der Waals surface area contributed by atoms with Crippen molar-refractivity contribution in [3.63, 3.8) is 0 Å².